The lowest BCUT2D eigenvalue weighted by Gasteiger charge is -2.46. The minimum atomic E-state index is -3.69. The number of hydrogen-bond donors (Lipinski definition) is 1. The fourth-order valence-electron chi connectivity index (χ4n) is 3.89. The van der Waals surface area contributed by atoms with Crippen LogP contribution in [0.5, 0.6) is 11.5 Å². The average molecular weight is 476 g/mol. The molecule has 2 amide bonds. The first kappa shape index (κ1) is 24.5. The molecule has 178 valence electrons. The smallest absolute Gasteiger partial charge is 0.247 e. The van der Waals surface area contributed by atoms with E-state index in [4.69, 9.17) is 9.47 Å². The number of nitrogens with one attached hydrogen (secondary N) is 1. The largest absolute Gasteiger partial charge is 0.497 e. The maximum atomic E-state index is 13.5. The quantitative estimate of drug-likeness (QED) is 0.624. The molecule has 3 rings (SSSR count). The molecule has 1 heterocycles. The summed E-state index contributed by atoms with van der Waals surface area (Å²) in [5.41, 5.74) is -0.244. The third kappa shape index (κ3) is 4.96. The fourth-order valence-corrected chi connectivity index (χ4v) is 5.01. The van der Waals surface area contributed by atoms with Gasteiger partial charge in [0.1, 0.15) is 17.0 Å². The number of para-hydroxylation sites is 1. The van der Waals surface area contributed by atoms with Crippen molar-refractivity contribution in [1.82, 2.24) is 9.62 Å². The van der Waals surface area contributed by atoms with Gasteiger partial charge in [0, 0.05) is 24.3 Å². The topological polar surface area (TPSA) is 105 Å². The van der Waals surface area contributed by atoms with Gasteiger partial charge in [0.05, 0.1) is 26.5 Å². The van der Waals surface area contributed by atoms with Crippen LogP contribution in [0.25, 0.3) is 0 Å². The average Bonchev–Trinajstić information content (AvgIpc) is 2.82. The number of carbonyl (C=O) groups excluding carboxylic acids is 2. The molecule has 0 spiro atoms. The van der Waals surface area contributed by atoms with Crippen LogP contribution >= 0.6 is 0 Å². The molecule has 33 heavy (non-hydrogen) atoms. The zero-order valence-electron chi connectivity index (χ0n) is 19.2. The van der Waals surface area contributed by atoms with Crippen molar-refractivity contribution in [2.24, 2.45) is 0 Å². The summed E-state index contributed by atoms with van der Waals surface area (Å²) in [7, 11) is -0.613. The van der Waals surface area contributed by atoms with E-state index in [1.807, 2.05) is 18.2 Å². The zero-order chi connectivity index (χ0) is 24.2. The Balaban J connectivity index is 1.97. The molecule has 0 saturated carbocycles. The van der Waals surface area contributed by atoms with Crippen LogP contribution in [0.15, 0.2) is 48.5 Å². The summed E-state index contributed by atoms with van der Waals surface area (Å²) in [5, 5.41) is 2.86. The molecular formula is C23H29N3O6S. The standard InChI is InChI=1S/C23H29N3O6S/c1-5-33(29,30)25-15-21(27)26(18-10-12-19(31-3)13-11-18)23(2,16-25)22(28)24-14-17-8-6-7-9-20(17)32-4/h6-13H,5,14-16H2,1-4H3,(H,24,28)/t23-/m1/s1. The van der Waals surface area contributed by atoms with E-state index >= 15 is 0 Å². The number of piperazine rings is 1. The number of methoxy groups -OCH3 is 2. The Hall–Kier alpha value is -3.11. The number of ether oxygens (including phenoxy) is 2. The van der Waals surface area contributed by atoms with Gasteiger partial charge in [-0.1, -0.05) is 18.2 Å². The maximum absolute atomic E-state index is 13.5. The Labute approximate surface area is 194 Å². The van der Waals surface area contributed by atoms with Gasteiger partial charge in [0.2, 0.25) is 21.8 Å². The van der Waals surface area contributed by atoms with Crippen molar-refractivity contribution in [3.8, 4) is 11.5 Å². The van der Waals surface area contributed by atoms with E-state index in [9.17, 15) is 18.0 Å². The molecule has 0 radical (unpaired) electrons. The highest BCUT2D eigenvalue weighted by atomic mass is 32.2. The van der Waals surface area contributed by atoms with Gasteiger partial charge in [-0.2, -0.15) is 4.31 Å². The monoisotopic (exact) mass is 475 g/mol. The molecule has 1 N–H and O–H groups in total. The van der Waals surface area contributed by atoms with Crippen LogP contribution in [0.2, 0.25) is 0 Å². The van der Waals surface area contributed by atoms with Crippen LogP contribution < -0.4 is 19.7 Å². The number of benzene rings is 2. The van der Waals surface area contributed by atoms with Crippen LogP contribution in [0.1, 0.15) is 19.4 Å². The second-order valence-corrected chi connectivity index (χ2v) is 10.1. The highest BCUT2D eigenvalue weighted by Crippen LogP contribution is 2.32. The number of carbonyl (C=O) groups is 2. The number of rotatable bonds is 8. The van der Waals surface area contributed by atoms with Gasteiger partial charge in [0.15, 0.2) is 0 Å². The molecule has 10 heteroatoms. The first-order valence-electron chi connectivity index (χ1n) is 10.5. The van der Waals surface area contributed by atoms with Crippen LogP contribution in [0, 0.1) is 0 Å². The molecule has 1 saturated heterocycles. The highest BCUT2D eigenvalue weighted by Gasteiger charge is 2.50. The molecule has 1 fully saturated rings. The third-order valence-electron chi connectivity index (χ3n) is 5.75. The first-order chi connectivity index (χ1) is 15.7. The lowest BCUT2D eigenvalue weighted by Crippen LogP contribution is -2.70. The van der Waals surface area contributed by atoms with E-state index in [-0.39, 0.29) is 25.4 Å². The Morgan fingerprint density at radius 3 is 2.36 bits per heavy atom. The first-order valence-corrected chi connectivity index (χ1v) is 12.1. The van der Waals surface area contributed by atoms with Gasteiger partial charge in [-0.05, 0) is 44.2 Å². The van der Waals surface area contributed by atoms with Crippen LogP contribution in [0.3, 0.4) is 0 Å². The van der Waals surface area contributed by atoms with E-state index in [2.05, 4.69) is 5.32 Å². The van der Waals surface area contributed by atoms with Crippen molar-refractivity contribution in [1.29, 1.82) is 0 Å². The van der Waals surface area contributed by atoms with Crippen molar-refractivity contribution in [2.75, 3.05) is 38.0 Å². The highest BCUT2D eigenvalue weighted by molar-refractivity contribution is 7.89. The van der Waals surface area contributed by atoms with Crippen LogP contribution in [0.4, 0.5) is 5.69 Å². The summed E-state index contributed by atoms with van der Waals surface area (Å²) in [6.45, 7) is 2.73. The summed E-state index contributed by atoms with van der Waals surface area (Å²) in [6, 6.07) is 14.0. The lowest BCUT2D eigenvalue weighted by atomic mass is 9.94. The number of hydrogen-bond acceptors (Lipinski definition) is 6. The van der Waals surface area contributed by atoms with Gasteiger partial charge in [-0.15, -0.1) is 0 Å². The predicted octanol–water partition coefficient (Wildman–Crippen LogP) is 1.78. The summed E-state index contributed by atoms with van der Waals surface area (Å²) < 4.78 is 36.8. The maximum Gasteiger partial charge on any atom is 0.247 e. The van der Waals surface area contributed by atoms with Crippen LogP contribution in [-0.4, -0.2) is 63.1 Å². The second kappa shape index (κ2) is 9.80. The molecule has 1 atom stereocenters. The molecule has 0 aromatic heterocycles. The van der Waals surface area contributed by atoms with Crippen molar-refractivity contribution >= 4 is 27.5 Å². The zero-order valence-corrected chi connectivity index (χ0v) is 20.0. The third-order valence-corrected chi connectivity index (χ3v) is 7.52. The van der Waals surface area contributed by atoms with E-state index in [1.54, 1.807) is 44.4 Å². The predicted molar refractivity (Wildman–Crippen MR) is 125 cm³/mol. The molecule has 0 unspecified atom stereocenters. The molecule has 1 aliphatic heterocycles. The minimum absolute atomic E-state index is 0.156. The van der Waals surface area contributed by atoms with E-state index in [1.165, 1.54) is 18.9 Å². The summed E-state index contributed by atoms with van der Waals surface area (Å²) in [5.74, 6) is 0.0828. The molecule has 2 aromatic rings. The fraction of sp³-hybridized carbons (Fsp3) is 0.391. The Morgan fingerprint density at radius 2 is 1.76 bits per heavy atom. The van der Waals surface area contributed by atoms with Crippen molar-refractivity contribution in [2.45, 2.75) is 25.9 Å². The van der Waals surface area contributed by atoms with Crippen molar-refractivity contribution < 1.29 is 27.5 Å². The van der Waals surface area contributed by atoms with E-state index in [0.717, 1.165) is 9.87 Å². The second-order valence-electron chi connectivity index (χ2n) is 7.86. The van der Waals surface area contributed by atoms with Crippen LogP contribution in [-0.2, 0) is 26.2 Å². The van der Waals surface area contributed by atoms with Crippen molar-refractivity contribution in [3.05, 3.63) is 54.1 Å². The number of nitrogens with zero attached hydrogens (tertiary/aromatic N) is 2. The molecule has 1 aliphatic rings. The Kier molecular flexibility index (Phi) is 7.28. The molecule has 9 nitrogen and oxygen atoms in total. The molecule has 0 aliphatic carbocycles. The molecular weight excluding hydrogens is 446 g/mol. The number of anilines is 1. The van der Waals surface area contributed by atoms with Gasteiger partial charge >= 0.3 is 0 Å². The van der Waals surface area contributed by atoms with Crippen molar-refractivity contribution in [3.63, 3.8) is 0 Å². The van der Waals surface area contributed by atoms with E-state index in [0.29, 0.717) is 17.2 Å². The van der Waals surface area contributed by atoms with E-state index < -0.39 is 27.4 Å². The lowest BCUT2D eigenvalue weighted by molar-refractivity contribution is -0.133. The minimum Gasteiger partial charge on any atom is -0.497 e. The summed E-state index contributed by atoms with van der Waals surface area (Å²) in [4.78, 5) is 28.1. The normalized spacial score (nSPS) is 19.3. The van der Waals surface area contributed by atoms with Gasteiger partial charge in [-0.25, -0.2) is 8.42 Å². The van der Waals surface area contributed by atoms with Gasteiger partial charge < -0.3 is 14.8 Å². The summed E-state index contributed by atoms with van der Waals surface area (Å²) in [6.07, 6.45) is 0. The summed E-state index contributed by atoms with van der Waals surface area (Å²) >= 11 is 0. The Bertz CT molecular complexity index is 1120. The SMILES string of the molecule is CCS(=O)(=O)N1CC(=O)N(c2ccc(OC)cc2)[C@@](C)(C(=O)NCc2ccccc2OC)C1. The Morgan fingerprint density at radius 1 is 1.09 bits per heavy atom. The van der Waals surface area contributed by atoms with Gasteiger partial charge in [0.25, 0.3) is 0 Å². The number of amides is 2. The van der Waals surface area contributed by atoms with Gasteiger partial charge in [-0.3, -0.25) is 14.5 Å². The molecule has 0 bridgehead atoms. The molecule has 2 aromatic carbocycles. The number of sulfonamides is 1.